The Morgan fingerprint density at radius 1 is 1.12 bits per heavy atom. The molecule has 26 heavy (non-hydrogen) atoms. The lowest BCUT2D eigenvalue weighted by Crippen LogP contribution is -2.23. The van der Waals surface area contributed by atoms with E-state index in [2.05, 4.69) is 11.4 Å². The van der Waals surface area contributed by atoms with Crippen molar-refractivity contribution in [3.63, 3.8) is 0 Å². The van der Waals surface area contributed by atoms with E-state index in [0.29, 0.717) is 23.8 Å². The number of hydrogen-bond donors (Lipinski definition) is 1. The van der Waals surface area contributed by atoms with Gasteiger partial charge in [-0.25, -0.2) is 0 Å². The molecule has 0 aliphatic carbocycles. The van der Waals surface area contributed by atoms with Crippen molar-refractivity contribution in [2.75, 3.05) is 26.1 Å². The van der Waals surface area contributed by atoms with Crippen molar-refractivity contribution in [2.45, 2.75) is 13.3 Å². The number of ether oxygens (including phenoxy) is 3. The topological polar surface area (TPSA) is 80.6 Å². The highest BCUT2D eigenvalue weighted by Gasteiger charge is 2.21. The summed E-state index contributed by atoms with van der Waals surface area (Å²) in [7, 11) is 3.11. The molecule has 0 bridgehead atoms. The molecule has 2 aromatic carbocycles. The monoisotopic (exact) mass is 354 g/mol. The largest absolute Gasteiger partial charge is 0.497 e. The molecule has 0 saturated carbocycles. The summed E-state index contributed by atoms with van der Waals surface area (Å²) in [5.74, 6) is 0.750. The number of carbonyl (C=O) groups is 1. The second kappa shape index (κ2) is 9.33. The first-order chi connectivity index (χ1) is 12.6. The van der Waals surface area contributed by atoms with Crippen molar-refractivity contribution in [1.29, 1.82) is 5.26 Å². The zero-order valence-electron chi connectivity index (χ0n) is 15.1. The molecule has 0 aliphatic rings. The maximum atomic E-state index is 12.5. The number of nitrogens with one attached hydrogen (secondary N) is 1. The van der Waals surface area contributed by atoms with Gasteiger partial charge < -0.3 is 19.5 Å². The van der Waals surface area contributed by atoms with E-state index in [1.165, 1.54) is 0 Å². The van der Waals surface area contributed by atoms with Crippen LogP contribution in [0.15, 0.2) is 42.5 Å². The summed E-state index contributed by atoms with van der Waals surface area (Å²) in [6, 6.07) is 14.4. The second-order valence-corrected chi connectivity index (χ2v) is 5.51. The maximum absolute atomic E-state index is 12.5. The molecule has 0 fully saturated rings. The van der Waals surface area contributed by atoms with Crippen LogP contribution in [-0.2, 0) is 11.2 Å². The van der Waals surface area contributed by atoms with Gasteiger partial charge in [0.25, 0.3) is 0 Å². The average molecular weight is 354 g/mol. The van der Waals surface area contributed by atoms with Crippen molar-refractivity contribution >= 4 is 11.6 Å². The van der Waals surface area contributed by atoms with Gasteiger partial charge in [-0.3, -0.25) is 4.79 Å². The molecule has 1 atom stereocenters. The fourth-order valence-corrected chi connectivity index (χ4v) is 2.47. The molecule has 0 aromatic heterocycles. The van der Waals surface area contributed by atoms with Crippen molar-refractivity contribution in [2.24, 2.45) is 5.92 Å². The smallest absolute Gasteiger partial charge is 0.242 e. The first-order valence-corrected chi connectivity index (χ1v) is 8.25. The molecular formula is C20H22N2O4. The van der Waals surface area contributed by atoms with Crippen LogP contribution in [0.1, 0.15) is 12.5 Å². The number of benzene rings is 2. The summed E-state index contributed by atoms with van der Waals surface area (Å²) in [5, 5.41) is 12.2. The Kier molecular flexibility index (Phi) is 6.86. The SMILES string of the molecule is CCOc1ccc(NC(=O)[C@@H](C#N)Cc2ccc(OC)cc2OC)cc1. The van der Waals surface area contributed by atoms with Crippen LogP contribution in [-0.4, -0.2) is 26.7 Å². The molecule has 0 saturated heterocycles. The van der Waals surface area contributed by atoms with Gasteiger partial charge in [0.15, 0.2) is 0 Å². The standard InChI is InChI=1S/C20H22N2O4/c1-4-26-17-9-6-16(7-10-17)22-20(23)15(13-21)11-14-5-8-18(24-2)12-19(14)25-3/h5-10,12,15H,4,11H2,1-3H3,(H,22,23)/t15-/m1/s1. The zero-order valence-corrected chi connectivity index (χ0v) is 15.1. The van der Waals surface area contributed by atoms with E-state index < -0.39 is 5.92 Å². The van der Waals surface area contributed by atoms with Crippen molar-refractivity contribution in [3.8, 4) is 23.3 Å². The number of methoxy groups -OCH3 is 2. The molecule has 2 aromatic rings. The van der Waals surface area contributed by atoms with Gasteiger partial charge in [0.2, 0.25) is 5.91 Å². The fraction of sp³-hybridized carbons (Fsp3) is 0.300. The van der Waals surface area contributed by atoms with Crippen LogP contribution in [0.3, 0.4) is 0 Å². The highest BCUT2D eigenvalue weighted by atomic mass is 16.5. The van der Waals surface area contributed by atoms with E-state index in [1.807, 2.05) is 6.92 Å². The first kappa shape index (κ1) is 19.1. The van der Waals surface area contributed by atoms with Crippen LogP contribution in [0.25, 0.3) is 0 Å². The maximum Gasteiger partial charge on any atom is 0.242 e. The van der Waals surface area contributed by atoms with Crippen molar-refractivity contribution in [3.05, 3.63) is 48.0 Å². The van der Waals surface area contributed by atoms with Crippen LogP contribution in [0.2, 0.25) is 0 Å². The summed E-state index contributed by atoms with van der Waals surface area (Å²) in [6.45, 7) is 2.48. The van der Waals surface area contributed by atoms with Crippen LogP contribution < -0.4 is 19.5 Å². The van der Waals surface area contributed by atoms with Gasteiger partial charge in [-0.1, -0.05) is 6.07 Å². The molecule has 6 nitrogen and oxygen atoms in total. The highest BCUT2D eigenvalue weighted by Crippen LogP contribution is 2.27. The zero-order chi connectivity index (χ0) is 18.9. The van der Waals surface area contributed by atoms with E-state index in [-0.39, 0.29) is 12.3 Å². The Morgan fingerprint density at radius 3 is 2.38 bits per heavy atom. The molecule has 136 valence electrons. The predicted molar refractivity (Wildman–Crippen MR) is 98.6 cm³/mol. The van der Waals surface area contributed by atoms with Gasteiger partial charge in [0, 0.05) is 18.2 Å². The number of amides is 1. The lowest BCUT2D eigenvalue weighted by molar-refractivity contribution is -0.118. The number of nitrogens with zero attached hydrogens (tertiary/aromatic N) is 1. The van der Waals surface area contributed by atoms with E-state index >= 15 is 0 Å². The molecule has 1 amide bonds. The summed E-state index contributed by atoms with van der Waals surface area (Å²) in [4.78, 5) is 12.5. The Morgan fingerprint density at radius 2 is 1.81 bits per heavy atom. The first-order valence-electron chi connectivity index (χ1n) is 8.25. The number of rotatable bonds is 8. The lowest BCUT2D eigenvalue weighted by Gasteiger charge is -2.14. The van der Waals surface area contributed by atoms with E-state index in [1.54, 1.807) is 56.7 Å². The number of hydrogen-bond acceptors (Lipinski definition) is 5. The van der Waals surface area contributed by atoms with Crippen LogP contribution >= 0.6 is 0 Å². The Balaban J connectivity index is 2.08. The van der Waals surface area contributed by atoms with Gasteiger partial charge in [0.05, 0.1) is 26.9 Å². The quantitative estimate of drug-likeness (QED) is 0.785. The van der Waals surface area contributed by atoms with Gasteiger partial charge in [0.1, 0.15) is 23.2 Å². The second-order valence-electron chi connectivity index (χ2n) is 5.51. The van der Waals surface area contributed by atoms with Crippen LogP contribution in [0, 0.1) is 17.2 Å². The number of carbonyl (C=O) groups excluding carboxylic acids is 1. The normalized spacial score (nSPS) is 11.2. The van der Waals surface area contributed by atoms with Gasteiger partial charge in [-0.2, -0.15) is 5.26 Å². The summed E-state index contributed by atoms with van der Waals surface area (Å²) < 4.78 is 15.9. The summed E-state index contributed by atoms with van der Waals surface area (Å²) >= 11 is 0. The number of nitriles is 1. The Bertz CT molecular complexity index is 781. The summed E-state index contributed by atoms with van der Waals surface area (Å²) in [6.07, 6.45) is 0.243. The van der Waals surface area contributed by atoms with Crippen molar-refractivity contribution in [1.82, 2.24) is 0 Å². The minimum Gasteiger partial charge on any atom is -0.497 e. The fourth-order valence-electron chi connectivity index (χ4n) is 2.47. The summed E-state index contributed by atoms with van der Waals surface area (Å²) in [5.41, 5.74) is 1.38. The predicted octanol–water partition coefficient (Wildman–Crippen LogP) is 3.42. The molecule has 1 N–H and O–H groups in total. The molecule has 0 unspecified atom stereocenters. The molecule has 2 rings (SSSR count). The molecule has 0 radical (unpaired) electrons. The molecule has 0 aliphatic heterocycles. The third kappa shape index (κ3) is 4.90. The van der Waals surface area contributed by atoms with E-state index in [0.717, 1.165) is 11.3 Å². The average Bonchev–Trinajstić information content (AvgIpc) is 2.67. The Hall–Kier alpha value is -3.20. The third-order valence-electron chi connectivity index (χ3n) is 3.82. The van der Waals surface area contributed by atoms with Crippen LogP contribution in [0.5, 0.6) is 17.2 Å². The molecule has 0 spiro atoms. The van der Waals surface area contributed by atoms with E-state index in [9.17, 15) is 10.1 Å². The highest BCUT2D eigenvalue weighted by molar-refractivity contribution is 5.94. The minimum absolute atomic E-state index is 0.243. The van der Waals surface area contributed by atoms with E-state index in [4.69, 9.17) is 14.2 Å². The molecule has 0 heterocycles. The number of anilines is 1. The van der Waals surface area contributed by atoms with Crippen molar-refractivity contribution < 1.29 is 19.0 Å². The third-order valence-corrected chi connectivity index (χ3v) is 3.82. The van der Waals surface area contributed by atoms with Gasteiger partial charge >= 0.3 is 0 Å². The molecule has 6 heteroatoms. The molecular weight excluding hydrogens is 332 g/mol. The lowest BCUT2D eigenvalue weighted by atomic mass is 9.98. The minimum atomic E-state index is -0.844. The van der Waals surface area contributed by atoms with Gasteiger partial charge in [-0.15, -0.1) is 0 Å². The van der Waals surface area contributed by atoms with Crippen LogP contribution in [0.4, 0.5) is 5.69 Å². The Labute approximate surface area is 153 Å². The van der Waals surface area contributed by atoms with Gasteiger partial charge in [-0.05, 0) is 42.8 Å².